The first kappa shape index (κ1) is 22.8. The Bertz CT molecular complexity index is 1190. The van der Waals surface area contributed by atoms with Gasteiger partial charge in [0.05, 0.1) is 17.3 Å². The molecular formula is C25H19I2NO4. The van der Waals surface area contributed by atoms with Crippen LogP contribution in [-0.2, 0) is 16.0 Å². The smallest absolute Gasteiger partial charge is 0.363 e. The molecule has 0 N–H and O–H groups in total. The highest BCUT2D eigenvalue weighted by atomic mass is 127. The van der Waals surface area contributed by atoms with E-state index in [4.69, 9.17) is 14.2 Å². The minimum Gasteiger partial charge on any atom is -0.493 e. The van der Waals surface area contributed by atoms with Crippen LogP contribution in [0, 0.1) is 7.14 Å². The van der Waals surface area contributed by atoms with Crippen LogP contribution >= 0.6 is 45.2 Å². The van der Waals surface area contributed by atoms with Gasteiger partial charge in [-0.2, -0.15) is 0 Å². The molecule has 7 heteroatoms. The Morgan fingerprint density at radius 1 is 1.03 bits per heavy atom. The zero-order valence-corrected chi connectivity index (χ0v) is 21.5. The van der Waals surface area contributed by atoms with Crippen molar-refractivity contribution >= 4 is 63.1 Å². The van der Waals surface area contributed by atoms with E-state index in [1.165, 1.54) is 5.56 Å². The Kier molecular flexibility index (Phi) is 7.46. The molecule has 0 unspecified atom stereocenters. The number of rotatable bonds is 7. The van der Waals surface area contributed by atoms with Gasteiger partial charge in [0.2, 0.25) is 5.90 Å². The molecule has 0 saturated carbocycles. The lowest BCUT2D eigenvalue weighted by molar-refractivity contribution is -0.129. The van der Waals surface area contributed by atoms with Gasteiger partial charge in [-0.25, -0.2) is 9.79 Å². The first-order valence-corrected chi connectivity index (χ1v) is 12.0. The molecular weight excluding hydrogens is 632 g/mol. The summed E-state index contributed by atoms with van der Waals surface area (Å²) in [5, 5.41) is 0. The van der Waals surface area contributed by atoms with E-state index in [9.17, 15) is 4.79 Å². The number of carbonyl (C=O) groups excluding carboxylic acids is 1. The van der Waals surface area contributed by atoms with Crippen LogP contribution in [0.15, 0.2) is 77.4 Å². The van der Waals surface area contributed by atoms with Crippen LogP contribution in [0.4, 0.5) is 0 Å². The Balaban J connectivity index is 1.53. The number of halogens is 2. The fourth-order valence-electron chi connectivity index (χ4n) is 3.16. The average molecular weight is 651 g/mol. The fraction of sp³-hybridized carbons (Fsp3) is 0.120. The Morgan fingerprint density at radius 3 is 2.50 bits per heavy atom. The van der Waals surface area contributed by atoms with E-state index >= 15 is 0 Å². The predicted molar refractivity (Wildman–Crippen MR) is 141 cm³/mol. The molecule has 162 valence electrons. The molecule has 0 aromatic heterocycles. The van der Waals surface area contributed by atoms with Crippen molar-refractivity contribution in [3.05, 3.63) is 96.3 Å². The quantitative estimate of drug-likeness (QED) is 0.182. The zero-order valence-electron chi connectivity index (χ0n) is 17.2. The summed E-state index contributed by atoms with van der Waals surface area (Å²) < 4.78 is 18.9. The van der Waals surface area contributed by atoms with Crippen molar-refractivity contribution in [3.8, 4) is 11.5 Å². The van der Waals surface area contributed by atoms with Gasteiger partial charge in [-0.1, -0.05) is 30.3 Å². The van der Waals surface area contributed by atoms with Crippen molar-refractivity contribution in [1.29, 1.82) is 0 Å². The van der Waals surface area contributed by atoms with Crippen molar-refractivity contribution in [3.63, 3.8) is 0 Å². The van der Waals surface area contributed by atoms with Crippen LogP contribution in [0.5, 0.6) is 11.5 Å². The van der Waals surface area contributed by atoms with Crippen molar-refractivity contribution in [1.82, 2.24) is 0 Å². The molecule has 4 rings (SSSR count). The Labute approximate surface area is 213 Å². The van der Waals surface area contributed by atoms with Gasteiger partial charge in [0.1, 0.15) is 0 Å². The van der Waals surface area contributed by atoms with Gasteiger partial charge in [-0.15, -0.1) is 0 Å². The standard InChI is InChI=1S/C25H19I2NO4/c1-30-22-15-17(13-20(27)23(22)31-12-11-16-5-3-2-4-6-16)14-21-25(29)32-24(28-21)18-7-9-19(26)10-8-18/h2-10,13-15H,11-12H2,1H3/b21-14-. The number of methoxy groups -OCH3 is 1. The number of cyclic esters (lactones) is 1. The molecule has 0 fully saturated rings. The van der Waals surface area contributed by atoms with E-state index in [0.717, 1.165) is 24.7 Å². The van der Waals surface area contributed by atoms with Gasteiger partial charge in [0, 0.05) is 15.6 Å². The van der Waals surface area contributed by atoms with Gasteiger partial charge >= 0.3 is 5.97 Å². The van der Waals surface area contributed by atoms with E-state index in [1.54, 1.807) is 13.2 Å². The number of benzene rings is 3. The van der Waals surface area contributed by atoms with Crippen LogP contribution in [0.25, 0.3) is 6.08 Å². The van der Waals surface area contributed by atoms with E-state index in [1.807, 2.05) is 54.6 Å². The molecule has 1 aliphatic heterocycles. The third kappa shape index (κ3) is 5.50. The normalized spacial score (nSPS) is 14.3. The molecule has 1 heterocycles. The maximum atomic E-state index is 12.3. The summed E-state index contributed by atoms with van der Waals surface area (Å²) in [7, 11) is 1.60. The van der Waals surface area contributed by atoms with E-state index in [-0.39, 0.29) is 5.70 Å². The molecule has 0 amide bonds. The number of hydrogen-bond donors (Lipinski definition) is 0. The molecule has 3 aromatic rings. The Morgan fingerprint density at radius 2 is 1.78 bits per heavy atom. The second-order valence-corrected chi connectivity index (χ2v) is 9.37. The summed E-state index contributed by atoms with van der Waals surface area (Å²) in [6.07, 6.45) is 2.49. The fourth-order valence-corrected chi connectivity index (χ4v) is 4.30. The second kappa shape index (κ2) is 10.5. The topological polar surface area (TPSA) is 57.1 Å². The molecule has 5 nitrogen and oxygen atoms in total. The summed E-state index contributed by atoms with van der Waals surface area (Å²) in [6.45, 7) is 0.535. The van der Waals surface area contributed by atoms with Crippen molar-refractivity contribution < 1.29 is 19.0 Å². The van der Waals surface area contributed by atoms with Crippen LogP contribution in [0.1, 0.15) is 16.7 Å². The molecule has 0 atom stereocenters. The monoisotopic (exact) mass is 651 g/mol. The number of aliphatic imine (C=N–C) groups is 1. The summed E-state index contributed by atoms with van der Waals surface area (Å²) >= 11 is 4.44. The average Bonchev–Trinajstić information content (AvgIpc) is 3.16. The lowest BCUT2D eigenvalue weighted by atomic mass is 10.1. The van der Waals surface area contributed by atoms with Gasteiger partial charge in [0.25, 0.3) is 0 Å². The lowest BCUT2D eigenvalue weighted by Gasteiger charge is -2.13. The Hall–Kier alpha value is -2.40. The highest BCUT2D eigenvalue weighted by Crippen LogP contribution is 2.35. The molecule has 0 saturated heterocycles. The largest absolute Gasteiger partial charge is 0.493 e. The third-order valence-electron chi connectivity index (χ3n) is 4.75. The lowest BCUT2D eigenvalue weighted by Crippen LogP contribution is -2.05. The zero-order chi connectivity index (χ0) is 22.5. The van der Waals surface area contributed by atoms with Gasteiger partial charge in [-0.05, 0) is 98.8 Å². The number of ether oxygens (including phenoxy) is 3. The number of esters is 1. The second-order valence-electron chi connectivity index (χ2n) is 6.96. The van der Waals surface area contributed by atoms with Crippen molar-refractivity contribution in [2.45, 2.75) is 6.42 Å². The van der Waals surface area contributed by atoms with Gasteiger partial charge < -0.3 is 14.2 Å². The number of hydrogen-bond acceptors (Lipinski definition) is 5. The number of carbonyl (C=O) groups is 1. The maximum Gasteiger partial charge on any atom is 0.363 e. The summed E-state index contributed by atoms with van der Waals surface area (Å²) in [4.78, 5) is 16.7. The van der Waals surface area contributed by atoms with Crippen LogP contribution in [0.2, 0.25) is 0 Å². The van der Waals surface area contributed by atoms with Gasteiger partial charge in [-0.3, -0.25) is 0 Å². The molecule has 3 aromatic carbocycles. The maximum absolute atomic E-state index is 12.3. The minimum atomic E-state index is -0.476. The number of nitrogens with zero attached hydrogens (tertiary/aromatic N) is 1. The van der Waals surface area contributed by atoms with E-state index in [0.29, 0.717) is 24.0 Å². The molecule has 0 spiro atoms. The molecule has 0 aliphatic carbocycles. The predicted octanol–water partition coefficient (Wildman–Crippen LogP) is 5.87. The first-order valence-electron chi connectivity index (χ1n) is 9.86. The summed E-state index contributed by atoms with van der Waals surface area (Å²) in [5.74, 6) is 1.11. The summed E-state index contributed by atoms with van der Waals surface area (Å²) in [6, 6.07) is 21.6. The SMILES string of the molecule is COc1cc(/C=C2\N=C(c3ccc(I)cc3)OC2=O)cc(I)c1OCCc1ccccc1. The first-order chi connectivity index (χ1) is 15.5. The highest BCUT2D eigenvalue weighted by molar-refractivity contribution is 14.1. The molecule has 1 aliphatic rings. The molecule has 0 bridgehead atoms. The van der Waals surface area contributed by atoms with Gasteiger partial charge in [0.15, 0.2) is 17.2 Å². The van der Waals surface area contributed by atoms with Crippen LogP contribution in [-0.4, -0.2) is 25.6 Å². The van der Waals surface area contributed by atoms with E-state index < -0.39 is 5.97 Å². The van der Waals surface area contributed by atoms with Crippen molar-refractivity contribution in [2.75, 3.05) is 13.7 Å². The van der Waals surface area contributed by atoms with Crippen LogP contribution in [0.3, 0.4) is 0 Å². The highest BCUT2D eigenvalue weighted by Gasteiger charge is 2.24. The van der Waals surface area contributed by atoms with E-state index in [2.05, 4.69) is 62.3 Å². The van der Waals surface area contributed by atoms with Crippen molar-refractivity contribution in [2.24, 2.45) is 4.99 Å². The molecule has 0 radical (unpaired) electrons. The summed E-state index contributed by atoms with van der Waals surface area (Å²) in [5.41, 5.74) is 3.00. The minimum absolute atomic E-state index is 0.245. The molecule has 32 heavy (non-hydrogen) atoms. The third-order valence-corrected chi connectivity index (χ3v) is 6.27. The van der Waals surface area contributed by atoms with Crippen LogP contribution < -0.4 is 9.47 Å².